The van der Waals surface area contributed by atoms with Crippen LogP contribution in [0.5, 0.6) is 5.88 Å². The lowest BCUT2D eigenvalue weighted by Gasteiger charge is -2.33. The molecule has 122 valence electrons. The smallest absolute Gasteiger partial charge is 0.219 e. The summed E-state index contributed by atoms with van der Waals surface area (Å²) < 4.78 is 10.6. The Morgan fingerprint density at radius 1 is 1.30 bits per heavy atom. The van der Waals surface area contributed by atoms with Crippen LogP contribution >= 0.6 is 0 Å². The SMILES string of the molecule is COc1ccc2cc(CN(C(C)=O)C3CCOCC3)ccc2n1. The van der Waals surface area contributed by atoms with E-state index in [1.54, 1.807) is 14.0 Å². The van der Waals surface area contributed by atoms with Crippen molar-refractivity contribution in [3.8, 4) is 5.88 Å². The molecule has 1 fully saturated rings. The molecule has 2 aromatic rings. The summed E-state index contributed by atoms with van der Waals surface area (Å²) in [4.78, 5) is 18.4. The molecule has 1 aliphatic rings. The summed E-state index contributed by atoms with van der Waals surface area (Å²) in [6, 6.07) is 10.2. The Balaban J connectivity index is 1.82. The molecular formula is C18H22N2O3. The molecule has 0 aliphatic carbocycles. The van der Waals surface area contributed by atoms with Gasteiger partial charge in [0.2, 0.25) is 11.8 Å². The van der Waals surface area contributed by atoms with Gasteiger partial charge in [-0.25, -0.2) is 4.98 Å². The first-order valence-electron chi connectivity index (χ1n) is 7.96. The summed E-state index contributed by atoms with van der Waals surface area (Å²) >= 11 is 0. The minimum Gasteiger partial charge on any atom is -0.481 e. The number of methoxy groups -OCH3 is 1. The third-order valence-electron chi connectivity index (χ3n) is 4.33. The number of carbonyl (C=O) groups is 1. The van der Waals surface area contributed by atoms with Gasteiger partial charge >= 0.3 is 0 Å². The third kappa shape index (κ3) is 3.62. The van der Waals surface area contributed by atoms with Gasteiger partial charge in [0.25, 0.3) is 0 Å². The van der Waals surface area contributed by atoms with E-state index in [0.717, 1.165) is 42.5 Å². The molecule has 1 aromatic carbocycles. The second kappa shape index (κ2) is 6.96. The molecule has 0 radical (unpaired) electrons. The lowest BCUT2D eigenvalue weighted by Crippen LogP contribution is -2.41. The number of hydrogen-bond donors (Lipinski definition) is 0. The zero-order valence-electron chi connectivity index (χ0n) is 13.6. The fourth-order valence-electron chi connectivity index (χ4n) is 3.06. The molecule has 1 saturated heterocycles. The zero-order chi connectivity index (χ0) is 16.2. The van der Waals surface area contributed by atoms with Gasteiger partial charge in [-0.2, -0.15) is 0 Å². The summed E-state index contributed by atoms with van der Waals surface area (Å²) in [5, 5.41) is 1.05. The summed E-state index contributed by atoms with van der Waals surface area (Å²) in [6.45, 7) is 3.73. The van der Waals surface area contributed by atoms with Gasteiger partial charge in [-0.05, 0) is 36.6 Å². The molecule has 1 aromatic heterocycles. The number of amides is 1. The minimum atomic E-state index is 0.116. The molecule has 0 unspecified atom stereocenters. The molecule has 1 amide bonds. The van der Waals surface area contributed by atoms with Crippen LogP contribution in [0.25, 0.3) is 10.9 Å². The Morgan fingerprint density at radius 2 is 2.09 bits per heavy atom. The van der Waals surface area contributed by atoms with Gasteiger partial charge in [-0.1, -0.05) is 6.07 Å². The first kappa shape index (κ1) is 15.7. The Bertz CT molecular complexity index is 696. The number of pyridine rings is 1. The van der Waals surface area contributed by atoms with Crippen LogP contribution in [-0.2, 0) is 16.1 Å². The van der Waals surface area contributed by atoms with E-state index < -0.39 is 0 Å². The number of carbonyl (C=O) groups excluding carboxylic acids is 1. The van der Waals surface area contributed by atoms with E-state index in [4.69, 9.17) is 9.47 Å². The van der Waals surface area contributed by atoms with Gasteiger partial charge < -0.3 is 14.4 Å². The maximum Gasteiger partial charge on any atom is 0.219 e. The van der Waals surface area contributed by atoms with Crippen molar-refractivity contribution < 1.29 is 14.3 Å². The van der Waals surface area contributed by atoms with E-state index in [1.165, 1.54) is 0 Å². The lowest BCUT2D eigenvalue weighted by molar-refractivity contribution is -0.133. The van der Waals surface area contributed by atoms with Crippen LogP contribution in [0.2, 0.25) is 0 Å². The van der Waals surface area contributed by atoms with Crippen LogP contribution in [0.15, 0.2) is 30.3 Å². The number of fused-ring (bicyclic) bond motifs is 1. The second-order valence-corrected chi connectivity index (χ2v) is 5.87. The lowest BCUT2D eigenvalue weighted by atomic mass is 10.0. The van der Waals surface area contributed by atoms with Gasteiger partial charge in [0, 0.05) is 44.2 Å². The number of nitrogens with zero attached hydrogens (tertiary/aromatic N) is 2. The topological polar surface area (TPSA) is 51.7 Å². The third-order valence-corrected chi connectivity index (χ3v) is 4.33. The Labute approximate surface area is 136 Å². The largest absolute Gasteiger partial charge is 0.481 e. The quantitative estimate of drug-likeness (QED) is 0.871. The van der Waals surface area contributed by atoms with Crippen molar-refractivity contribution in [3.63, 3.8) is 0 Å². The molecule has 2 heterocycles. The van der Waals surface area contributed by atoms with Crippen LogP contribution in [0.3, 0.4) is 0 Å². The number of hydrogen-bond acceptors (Lipinski definition) is 4. The highest BCUT2D eigenvalue weighted by molar-refractivity contribution is 5.80. The molecule has 0 saturated carbocycles. The maximum absolute atomic E-state index is 12.1. The number of rotatable bonds is 4. The van der Waals surface area contributed by atoms with Crippen LogP contribution in [0.1, 0.15) is 25.3 Å². The van der Waals surface area contributed by atoms with Crippen molar-refractivity contribution in [3.05, 3.63) is 35.9 Å². The summed E-state index contributed by atoms with van der Waals surface area (Å²) in [5.74, 6) is 0.725. The molecule has 5 nitrogen and oxygen atoms in total. The van der Waals surface area contributed by atoms with Crippen LogP contribution < -0.4 is 4.74 Å². The van der Waals surface area contributed by atoms with Gasteiger partial charge in [-0.3, -0.25) is 4.79 Å². The Morgan fingerprint density at radius 3 is 2.78 bits per heavy atom. The van der Waals surface area contributed by atoms with Crippen molar-refractivity contribution in [2.24, 2.45) is 0 Å². The van der Waals surface area contributed by atoms with Crippen molar-refractivity contribution in [1.29, 1.82) is 0 Å². The second-order valence-electron chi connectivity index (χ2n) is 5.87. The maximum atomic E-state index is 12.1. The average Bonchev–Trinajstić information content (AvgIpc) is 2.59. The summed E-state index contributed by atoms with van der Waals surface area (Å²) in [6.07, 6.45) is 1.82. The number of benzene rings is 1. The van der Waals surface area contributed by atoms with Gasteiger partial charge in [0.15, 0.2) is 0 Å². The van der Waals surface area contributed by atoms with Crippen molar-refractivity contribution in [1.82, 2.24) is 9.88 Å². The van der Waals surface area contributed by atoms with Crippen molar-refractivity contribution in [2.75, 3.05) is 20.3 Å². The molecule has 5 heteroatoms. The van der Waals surface area contributed by atoms with Gasteiger partial charge in [0.1, 0.15) is 0 Å². The van der Waals surface area contributed by atoms with Crippen LogP contribution in [-0.4, -0.2) is 42.2 Å². The molecule has 23 heavy (non-hydrogen) atoms. The molecule has 0 bridgehead atoms. The monoisotopic (exact) mass is 314 g/mol. The molecule has 1 aliphatic heterocycles. The predicted octanol–water partition coefficient (Wildman–Crippen LogP) is 2.77. The first-order valence-corrected chi connectivity index (χ1v) is 7.96. The Kier molecular flexibility index (Phi) is 4.76. The van der Waals surface area contributed by atoms with E-state index in [0.29, 0.717) is 12.4 Å². The van der Waals surface area contributed by atoms with E-state index in [1.807, 2.05) is 29.2 Å². The summed E-state index contributed by atoms with van der Waals surface area (Å²) in [5.41, 5.74) is 2.01. The van der Waals surface area contributed by atoms with Gasteiger partial charge in [-0.15, -0.1) is 0 Å². The van der Waals surface area contributed by atoms with Crippen LogP contribution in [0.4, 0.5) is 0 Å². The zero-order valence-corrected chi connectivity index (χ0v) is 13.6. The predicted molar refractivity (Wildman–Crippen MR) is 88.4 cm³/mol. The fourth-order valence-corrected chi connectivity index (χ4v) is 3.06. The normalized spacial score (nSPS) is 15.6. The molecular weight excluding hydrogens is 292 g/mol. The first-order chi connectivity index (χ1) is 11.2. The van der Waals surface area contributed by atoms with Crippen LogP contribution in [0, 0.1) is 0 Å². The molecule has 3 rings (SSSR count). The van der Waals surface area contributed by atoms with E-state index in [-0.39, 0.29) is 11.9 Å². The number of aromatic nitrogens is 1. The highest BCUT2D eigenvalue weighted by Gasteiger charge is 2.23. The highest BCUT2D eigenvalue weighted by Crippen LogP contribution is 2.21. The fraction of sp³-hybridized carbons (Fsp3) is 0.444. The average molecular weight is 314 g/mol. The molecule has 0 N–H and O–H groups in total. The molecule has 0 atom stereocenters. The van der Waals surface area contributed by atoms with Crippen molar-refractivity contribution in [2.45, 2.75) is 32.4 Å². The van der Waals surface area contributed by atoms with E-state index in [9.17, 15) is 4.79 Å². The standard InChI is InChI=1S/C18H22N2O3/c1-13(21)20(16-7-9-23-10-8-16)12-14-3-5-17-15(11-14)4-6-18(19-17)22-2/h3-6,11,16H,7-10,12H2,1-2H3. The summed E-state index contributed by atoms with van der Waals surface area (Å²) in [7, 11) is 1.61. The Hall–Kier alpha value is -2.14. The highest BCUT2D eigenvalue weighted by atomic mass is 16.5. The molecule has 0 spiro atoms. The van der Waals surface area contributed by atoms with E-state index in [2.05, 4.69) is 11.1 Å². The minimum absolute atomic E-state index is 0.116. The van der Waals surface area contributed by atoms with Gasteiger partial charge in [0.05, 0.1) is 12.6 Å². The number of ether oxygens (including phenoxy) is 2. The van der Waals surface area contributed by atoms with E-state index >= 15 is 0 Å². The van der Waals surface area contributed by atoms with Crippen molar-refractivity contribution >= 4 is 16.8 Å².